The number of hydrogen-bond acceptors (Lipinski definition) is 2. The molecule has 2 aromatic rings. The first-order valence-electron chi connectivity index (χ1n) is 5.31. The van der Waals surface area contributed by atoms with Crippen molar-refractivity contribution in [1.29, 1.82) is 0 Å². The van der Waals surface area contributed by atoms with Crippen molar-refractivity contribution in [2.75, 3.05) is 5.32 Å². The van der Waals surface area contributed by atoms with Crippen LogP contribution in [0.2, 0.25) is 5.02 Å². The summed E-state index contributed by atoms with van der Waals surface area (Å²) in [6.07, 6.45) is 0. The molecule has 0 amide bonds. The summed E-state index contributed by atoms with van der Waals surface area (Å²) in [6, 6.07) is 8.80. The number of halogens is 3. The fourth-order valence-corrected chi connectivity index (χ4v) is 1.79. The summed E-state index contributed by atoms with van der Waals surface area (Å²) in [7, 11) is 0. The topological polar surface area (TPSA) is 38.0 Å². The van der Waals surface area contributed by atoms with E-state index in [1.54, 1.807) is 12.1 Å². The van der Waals surface area contributed by atoms with E-state index in [1.807, 2.05) is 0 Å². The van der Waals surface area contributed by atoms with Crippen LogP contribution in [0.15, 0.2) is 36.4 Å². The van der Waals surface area contributed by atoms with E-state index in [1.165, 1.54) is 24.3 Å². The maximum absolute atomic E-state index is 13.5. The molecule has 0 aliphatic heterocycles. The molecule has 0 heterocycles. The molecule has 18 heavy (non-hydrogen) atoms. The van der Waals surface area contributed by atoms with E-state index in [-0.39, 0.29) is 17.4 Å². The Bertz CT molecular complexity index is 573. The Morgan fingerprint density at radius 3 is 2.56 bits per heavy atom. The number of anilines is 2. The zero-order chi connectivity index (χ0) is 13.1. The van der Waals surface area contributed by atoms with E-state index < -0.39 is 5.82 Å². The van der Waals surface area contributed by atoms with Crippen molar-refractivity contribution < 1.29 is 8.78 Å². The average Bonchev–Trinajstić information content (AvgIpc) is 2.34. The number of nitrogens with two attached hydrogens (primary N) is 1. The summed E-state index contributed by atoms with van der Waals surface area (Å²) in [5, 5.41) is 2.97. The van der Waals surface area contributed by atoms with E-state index in [4.69, 9.17) is 17.3 Å². The molecule has 0 radical (unpaired) electrons. The zero-order valence-electron chi connectivity index (χ0n) is 9.38. The van der Waals surface area contributed by atoms with Gasteiger partial charge in [-0.2, -0.15) is 0 Å². The van der Waals surface area contributed by atoms with E-state index in [9.17, 15) is 8.78 Å². The maximum Gasteiger partial charge on any atom is 0.141 e. The molecule has 2 aromatic carbocycles. The van der Waals surface area contributed by atoms with Gasteiger partial charge < -0.3 is 11.1 Å². The van der Waals surface area contributed by atoms with Gasteiger partial charge in [0.05, 0.1) is 5.02 Å². The number of benzene rings is 2. The molecule has 0 bridgehead atoms. The van der Waals surface area contributed by atoms with Crippen molar-refractivity contribution in [3.8, 4) is 0 Å². The lowest BCUT2D eigenvalue weighted by Gasteiger charge is -2.12. The van der Waals surface area contributed by atoms with Gasteiger partial charge in [-0.25, -0.2) is 8.78 Å². The highest BCUT2D eigenvalue weighted by atomic mass is 35.5. The Balaban J connectivity index is 2.34. The molecular formula is C13H11ClF2N2. The van der Waals surface area contributed by atoms with Crippen molar-refractivity contribution in [2.45, 2.75) is 6.54 Å². The molecule has 5 heteroatoms. The minimum atomic E-state index is -0.500. The van der Waals surface area contributed by atoms with Crippen LogP contribution >= 0.6 is 11.6 Å². The van der Waals surface area contributed by atoms with Gasteiger partial charge in [0.15, 0.2) is 0 Å². The van der Waals surface area contributed by atoms with E-state index >= 15 is 0 Å². The second-order valence-corrected chi connectivity index (χ2v) is 4.13. The molecule has 0 unspecified atom stereocenters. The van der Waals surface area contributed by atoms with Gasteiger partial charge in [-0.1, -0.05) is 17.7 Å². The Morgan fingerprint density at radius 2 is 1.89 bits per heavy atom. The van der Waals surface area contributed by atoms with Crippen LogP contribution in [-0.4, -0.2) is 0 Å². The summed E-state index contributed by atoms with van der Waals surface area (Å²) < 4.78 is 26.5. The molecule has 0 saturated carbocycles. The molecule has 94 valence electrons. The third-order valence-corrected chi connectivity index (χ3v) is 2.81. The van der Waals surface area contributed by atoms with Crippen LogP contribution in [0, 0.1) is 11.6 Å². The van der Waals surface area contributed by atoms with Crippen LogP contribution in [0.3, 0.4) is 0 Å². The lowest BCUT2D eigenvalue weighted by Crippen LogP contribution is -2.04. The minimum absolute atomic E-state index is 0.00528. The highest BCUT2D eigenvalue weighted by Gasteiger charge is 2.07. The van der Waals surface area contributed by atoms with Gasteiger partial charge in [0.25, 0.3) is 0 Å². The standard InChI is InChI=1S/C13H11ClF2N2/c14-10-6-8(4-5-12(10)16)18-13-3-1-2-11(15)9(13)7-17/h1-6,18H,7,17H2. The molecule has 3 N–H and O–H groups in total. The van der Waals surface area contributed by atoms with Gasteiger partial charge in [0.2, 0.25) is 0 Å². The molecule has 0 aliphatic carbocycles. The fourth-order valence-electron chi connectivity index (χ4n) is 1.61. The maximum atomic E-state index is 13.5. The minimum Gasteiger partial charge on any atom is -0.355 e. The highest BCUT2D eigenvalue weighted by Crippen LogP contribution is 2.25. The third kappa shape index (κ3) is 2.60. The number of hydrogen-bond donors (Lipinski definition) is 2. The summed E-state index contributed by atoms with van der Waals surface area (Å²) in [5.41, 5.74) is 6.98. The molecule has 0 atom stereocenters. The summed E-state index contributed by atoms with van der Waals surface area (Å²) in [4.78, 5) is 0. The van der Waals surface area contributed by atoms with Crippen LogP contribution < -0.4 is 11.1 Å². The van der Waals surface area contributed by atoms with Crippen molar-refractivity contribution in [3.05, 3.63) is 58.6 Å². The smallest absolute Gasteiger partial charge is 0.141 e. The van der Waals surface area contributed by atoms with Crippen molar-refractivity contribution >= 4 is 23.0 Å². The molecule has 0 aliphatic rings. The molecule has 0 aromatic heterocycles. The molecular weight excluding hydrogens is 258 g/mol. The predicted molar refractivity (Wildman–Crippen MR) is 69.0 cm³/mol. The highest BCUT2D eigenvalue weighted by molar-refractivity contribution is 6.31. The lowest BCUT2D eigenvalue weighted by molar-refractivity contribution is 0.611. The molecule has 2 nitrogen and oxygen atoms in total. The Morgan fingerprint density at radius 1 is 1.11 bits per heavy atom. The monoisotopic (exact) mass is 268 g/mol. The number of rotatable bonds is 3. The molecule has 0 spiro atoms. The second-order valence-electron chi connectivity index (χ2n) is 3.72. The van der Waals surface area contributed by atoms with Crippen molar-refractivity contribution in [2.24, 2.45) is 5.73 Å². The second kappa shape index (κ2) is 5.33. The van der Waals surface area contributed by atoms with Gasteiger partial charge in [-0.15, -0.1) is 0 Å². The van der Waals surface area contributed by atoms with Crippen molar-refractivity contribution in [3.63, 3.8) is 0 Å². The Labute approximate surface area is 108 Å². The van der Waals surface area contributed by atoms with Crippen LogP contribution in [0.5, 0.6) is 0 Å². The van der Waals surface area contributed by atoms with Gasteiger partial charge in [0, 0.05) is 23.5 Å². The Hall–Kier alpha value is -1.65. The normalized spacial score (nSPS) is 10.4. The van der Waals surface area contributed by atoms with Crippen LogP contribution in [-0.2, 0) is 6.54 Å². The SMILES string of the molecule is NCc1c(F)cccc1Nc1ccc(F)c(Cl)c1. The molecule has 0 fully saturated rings. The third-order valence-electron chi connectivity index (χ3n) is 2.52. The Kier molecular flexibility index (Phi) is 3.79. The summed E-state index contributed by atoms with van der Waals surface area (Å²) >= 11 is 5.67. The van der Waals surface area contributed by atoms with E-state index in [0.29, 0.717) is 16.9 Å². The number of nitrogens with one attached hydrogen (secondary N) is 1. The van der Waals surface area contributed by atoms with E-state index in [0.717, 1.165) is 0 Å². The average molecular weight is 269 g/mol. The largest absolute Gasteiger partial charge is 0.355 e. The van der Waals surface area contributed by atoms with E-state index in [2.05, 4.69) is 5.32 Å². The van der Waals surface area contributed by atoms with Crippen molar-refractivity contribution in [1.82, 2.24) is 0 Å². The van der Waals surface area contributed by atoms with Gasteiger partial charge >= 0.3 is 0 Å². The molecule has 0 saturated heterocycles. The van der Waals surface area contributed by atoms with Crippen LogP contribution in [0.1, 0.15) is 5.56 Å². The quantitative estimate of drug-likeness (QED) is 0.888. The first-order valence-corrected chi connectivity index (χ1v) is 5.69. The summed E-state index contributed by atoms with van der Waals surface area (Å²) in [6.45, 7) is 0.0733. The molecule has 2 rings (SSSR count). The van der Waals surface area contributed by atoms with Gasteiger partial charge in [-0.3, -0.25) is 0 Å². The first-order chi connectivity index (χ1) is 8.61. The summed E-state index contributed by atoms with van der Waals surface area (Å²) in [5.74, 6) is -0.879. The van der Waals surface area contributed by atoms with Crippen LogP contribution in [0.4, 0.5) is 20.2 Å². The van der Waals surface area contributed by atoms with Crippen LogP contribution in [0.25, 0.3) is 0 Å². The van der Waals surface area contributed by atoms with Gasteiger partial charge in [0.1, 0.15) is 11.6 Å². The van der Waals surface area contributed by atoms with Gasteiger partial charge in [-0.05, 0) is 30.3 Å². The predicted octanol–water partition coefficient (Wildman–Crippen LogP) is 3.82. The lowest BCUT2D eigenvalue weighted by atomic mass is 10.1. The first kappa shape index (κ1) is 12.8. The fraction of sp³-hybridized carbons (Fsp3) is 0.0769. The zero-order valence-corrected chi connectivity index (χ0v) is 10.1.